The Morgan fingerprint density at radius 2 is 1.94 bits per heavy atom. The molecule has 0 aliphatic carbocycles. The highest BCUT2D eigenvalue weighted by atomic mass is 16.5. The van der Waals surface area contributed by atoms with Gasteiger partial charge in [0.25, 0.3) is 0 Å². The van der Waals surface area contributed by atoms with Gasteiger partial charge in [-0.15, -0.1) is 0 Å². The molecule has 17 heavy (non-hydrogen) atoms. The molecule has 3 N–H and O–H groups in total. The van der Waals surface area contributed by atoms with Crippen LogP contribution in [0.3, 0.4) is 0 Å². The molecule has 0 fully saturated rings. The third-order valence-corrected chi connectivity index (χ3v) is 3.11. The number of aliphatic hydroxyl groups is 1. The monoisotopic (exact) mass is 237 g/mol. The molecular weight excluding hydrogens is 214 g/mol. The zero-order valence-electron chi connectivity index (χ0n) is 11.0. The van der Waals surface area contributed by atoms with E-state index in [-0.39, 0.29) is 12.6 Å². The van der Waals surface area contributed by atoms with Gasteiger partial charge in [0.1, 0.15) is 5.75 Å². The second-order valence-corrected chi connectivity index (χ2v) is 4.50. The van der Waals surface area contributed by atoms with Gasteiger partial charge in [0, 0.05) is 12.6 Å². The van der Waals surface area contributed by atoms with Gasteiger partial charge in [-0.25, -0.2) is 0 Å². The maximum Gasteiger partial charge on any atom is 0.122 e. The van der Waals surface area contributed by atoms with Crippen LogP contribution in [0.4, 0.5) is 0 Å². The van der Waals surface area contributed by atoms with Crippen molar-refractivity contribution >= 4 is 0 Å². The Bertz CT molecular complexity index is 363. The molecule has 0 aliphatic rings. The SMILES string of the molecule is COc1cc(C)c(C(N)CCCCO)cc1C. The fourth-order valence-corrected chi connectivity index (χ4v) is 2.06. The summed E-state index contributed by atoms with van der Waals surface area (Å²) in [6.07, 6.45) is 2.69. The molecule has 0 aromatic heterocycles. The van der Waals surface area contributed by atoms with Crippen molar-refractivity contribution in [3.05, 3.63) is 28.8 Å². The Morgan fingerprint density at radius 3 is 2.53 bits per heavy atom. The Balaban J connectivity index is 2.79. The van der Waals surface area contributed by atoms with E-state index in [4.69, 9.17) is 15.6 Å². The molecule has 0 saturated heterocycles. The first-order valence-corrected chi connectivity index (χ1v) is 6.11. The average molecular weight is 237 g/mol. The zero-order valence-corrected chi connectivity index (χ0v) is 11.0. The normalized spacial score (nSPS) is 12.5. The summed E-state index contributed by atoms with van der Waals surface area (Å²) in [4.78, 5) is 0. The predicted octanol–water partition coefficient (Wildman–Crippen LogP) is 2.47. The van der Waals surface area contributed by atoms with Crippen LogP contribution in [0.1, 0.15) is 42.0 Å². The van der Waals surface area contributed by atoms with Crippen LogP contribution in [0.25, 0.3) is 0 Å². The van der Waals surface area contributed by atoms with Gasteiger partial charge in [-0.1, -0.05) is 6.07 Å². The molecule has 0 bridgehead atoms. The molecule has 0 saturated carbocycles. The zero-order chi connectivity index (χ0) is 12.8. The molecule has 1 unspecified atom stereocenters. The van der Waals surface area contributed by atoms with Crippen LogP contribution in [0.15, 0.2) is 12.1 Å². The summed E-state index contributed by atoms with van der Waals surface area (Å²) in [6.45, 7) is 4.33. The number of ether oxygens (including phenoxy) is 1. The Hall–Kier alpha value is -1.06. The molecule has 0 amide bonds. The van der Waals surface area contributed by atoms with Crippen molar-refractivity contribution in [3.8, 4) is 5.75 Å². The summed E-state index contributed by atoms with van der Waals surface area (Å²) < 4.78 is 5.29. The van der Waals surface area contributed by atoms with Gasteiger partial charge >= 0.3 is 0 Å². The number of methoxy groups -OCH3 is 1. The smallest absolute Gasteiger partial charge is 0.122 e. The molecule has 1 aromatic carbocycles. The summed E-state index contributed by atoms with van der Waals surface area (Å²) in [6, 6.07) is 4.19. The highest BCUT2D eigenvalue weighted by Gasteiger charge is 2.11. The minimum absolute atomic E-state index is 0.0474. The number of hydrogen-bond acceptors (Lipinski definition) is 3. The minimum Gasteiger partial charge on any atom is -0.496 e. The first-order valence-electron chi connectivity index (χ1n) is 6.11. The van der Waals surface area contributed by atoms with Crippen LogP contribution in [0.5, 0.6) is 5.75 Å². The standard InChI is InChI=1S/C14H23NO2/c1-10-9-14(17-3)11(2)8-12(10)13(15)6-4-5-7-16/h8-9,13,16H,4-7,15H2,1-3H3. The van der Waals surface area contributed by atoms with Gasteiger partial charge in [0.05, 0.1) is 7.11 Å². The highest BCUT2D eigenvalue weighted by Crippen LogP contribution is 2.27. The lowest BCUT2D eigenvalue weighted by molar-refractivity contribution is 0.281. The molecule has 0 aliphatic heterocycles. The summed E-state index contributed by atoms with van der Waals surface area (Å²) >= 11 is 0. The topological polar surface area (TPSA) is 55.5 Å². The van der Waals surface area contributed by atoms with E-state index in [9.17, 15) is 0 Å². The molecule has 1 aromatic rings. The van der Waals surface area contributed by atoms with Crippen molar-refractivity contribution < 1.29 is 9.84 Å². The van der Waals surface area contributed by atoms with Crippen LogP contribution in [-0.2, 0) is 0 Å². The number of aryl methyl sites for hydroxylation is 2. The first-order chi connectivity index (χ1) is 8.10. The van der Waals surface area contributed by atoms with E-state index >= 15 is 0 Å². The molecule has 96 valence electrons. The Morgan fingerprint density at radius 1 is 1.24 bits per heavy atom. The van der Waals surface area contributed by atoms with E-state index < -0.39 is 0 Å². The number of aliphatic hydroxyl groups excluding tert-OH is 1. The van der Waals surface area contributed by atoms with Gasteiger partial charge in [-0.3, -0.25) is 0 Å². The number of nitrogens with two attached hydrogens (primary N) is 1. The lowest BCUT2D eigenvalue weighted by Crippen LogP contribution is -2.12. The first kappa shape index (κ1) is 14.0. The van der Waals surface area contributed by atoms with Crippen molar-refractivity contribution in [1.82, 2.24) is 0 Å². The molecular formula is C14H23NO2. The molecule has 1 atom stereocenters. The molecule has 0 heterocycles. The van der Waals surface area contributed by atoms with Crippen LogP contribution >= 0.6 is 0 Å². The van der Waals surface area contributed by atoms with Gasteiger partial charge in [0.15, 0.2) is 0 Å². The summed E-state index contributed by atoms with van der Waals surface area (Å²) in [5.41, 5.74) is 9.64. The van der Waals surface area contributed by atoms with Crippen molar-refractivity contribution in [3.63, 3.8) is 0 Å². The minimum atomic E-state index is 0.0474. The maximum absolute atomic E-state index is 8.76. The number of rotatable bonds is 6. The van der Waals surface area contributed by atoms with E-state index in [0.29, 0.717) is 0 Å². The average Bonchev–Trinajstić information content (AvgIpc) is 2.31. The fraction of sp³-hybridized carbons (Fsp3) is 0.571. The molecule has 0 spiro atoms. The van der Waals surface area contributed by atoms with E-state index in [0.717, 1.165) is 30.6 Å². The maximum atomic E-state index is 8.76. The third-order valence-electron chi connectivity index (χ3n) is 3.11. The van der Waals surface area contributed by atoms with E-state index in [1.165, 1.54) is 11.1 Å². The largest absolute Gasteiger partial charge is 0.496 e. The lowest BCUT2D eigenvalue weighted by atomic mass is 9.95. The van der Waals surface area contributed by atoms with Gasteiger partial charge in [0.2, 0.25) is 0 Å². The molecule has 3 heteroatoms. The van der Waals surface area contributed by atoms with Gasteiger partial charge in [-0.2, -0.15) is 0 Å². The Kier molecular flexibility index (Phi) is 5.45. The van der Waals surface area contributed by atoms with E-state index in [1.54, 1.807) is 7.11 Å². The summed E-state index contributed by atoms with van der Waals surface area (Å²) in [5, 5.41) is 8.76. The fourth-order valence-electron chi connectivity index (χ4n) is 2.06. The van der Waals surface area contributed by atoms with E-state index in [2.05, 4.69) is 13.0 Å². The summed E-state index contributed by atoms with van der Waals surface area (Å²) in [5.74, 6) is 0.911. The highest BCUT2D eigenvalue weighted by molar-refractivity contribution is 5.42. The predicted molar refractivity (Wildman–Crippen MR) is 70.3 cm³/mol. The van der Waals surface area contributed by atoms with Crippen LogP contribution < -0.4 is 10.5 Å². The van der Waals surface area contributed by atoms with Crippen molar-refractivity contribution in [1.29, 1.82) is 0 Å². The number of unbranched alkanes of at least 4 members (excludes halogenated alkanes) is 1. The Labute approximate surface area is 104 Å². The van der Waals surface area contributed by atoms with Crippen LogP contribution in [0.2, 0.25) is 0 Å². The van der Waals surface area contributed by atoms with E-state index in [1.807, 2.05) is 13.0 Å². The van der Waals surface area contributed by atoms with Crippen molar-refractivity contribution in [2.75, 3.05) is 13.7 Å². The molecule has 3 nitrogen and oxygen atoms in total. The third kappa shape index (κ3) is 3.72. The second-order valence-electron chi connectivity index (χ2n) is 4.50. The summed E-state index contributed by atoms with van der Waals surface area (Å²) in [7, 11) is 1.68. The number of hydrogen-bond donors (Lipinski definition) is 2. The molecule has 1 rings (SSSR count). The molecule has 0 radical (unpaired) electrons. The quantitative estimate of drug-likeness (QED) is 0.747. The van der Waals surface area contributed by atoms with Crippen molar-refractivity contribution in [2.24, 2.45) is 5.73 Å². The van der Waals surface area contributed by atoms with Crippen molar-refractivity contribution in [2.45, 2.75) is 39.2 Å². The second kappa shape index (κ2) is 6.62. The van der Waals surface area contributed by atoms with Gasteiger partial charge in [-0.05, 0) is 55.9 Å². The van der Waals surface area contributed by atoms with Gasteiger partial charge < -0.3 is 15.6 Å². The lowest BCUT2D eigenvalue weighted by Gasteiger charge is -2.17. The van der Waals surface area contributed by atoms with Crippen LogP contribution in [-0.4, -0.2) is 18.8 Å². The van der Waals surface area contributed by atoms with Crippen LogP contribution in [0, 0.1) is 13.8 Å². The number of benzene rings is 1.